The number of carbonyl (C=O) groups excluding carboxylic acids is 1. The SMILES string of the molecule is C[N+]12CCC(CC1)C(C(=O)c1cccs1)C2. The van der Waals surface area contributed by atoms with Gasteiger partial charge >= 0.3 is 0 Å². The van der Waals surface area contributed by atoms with Crippen LogP contribution in [0.15, 0.2) is 17.5 Å². The van der Waals surface area contributed by atoms with Gasteiger partial charge in [0.05, 0.1) is 37.5 Å². The maximum Gasteiger partial charge on any atom is 0.181 e. The van der Waals surface area contributed by atoms with Crippen molar-refractivity contribution in [1.29, 1.82) is 0 Å². The molecule has 1 atom stereocenters. The summed E-state index contributed by atoms with van der Waals surface area (Å²) in [6, 6.07) is 3.96. The molecule has 4 rings (SSSR count). The molecule has 1 aromatic rings. The smallest absolute Gasteiger partial charge is 0.181 e. The largest absolute Gasteiger partial charge is 0.325 e. The second-order valence-electron chi connectivity index (χ2n) is 5.53. The van der Waals surface area contributed by atoms with E-state index in [-0.39, 0.29) is 0 Å². The average molecular weight is 236 g/mol. The third-order valence-electron chi connectivity index (χ3n) is 4.39. The molecule has 3 aliphatic heterocycles. The monoisotopic (exact) mass is 236 g/mol. The molecule has 4 heterocycles. The molecule has 3 heteroatoms. The van der Waals surface area contributed by atoms with Crippen molar-refractivity contribution in [2.75, 3.05) is 26.7 Å². The van der Waals surface area contributed by atoms with E-state index < -0.39 is 0 Å². The van der Waals surface area contributed by atoms with E-state index in [0.717, 1.165) is 15.9 Å². The number of thiophene rings is 1. The van der Waals surface area contributed by atoms with Crippen LogP contribution in [-0.4, -0.2) is 36.9 Å². The van der Waals surface area contributed by atoms with Gasteiger partial charge in [-0.2, -0.15) is 0 Å². The van der Waals surface area contributed by atoms with Gasteiger partial charge in [-0.05, 0) is 17.4 Å². The molecule has 3 aliphatic rings. The van der Waals surface area contributed by atoms with E-state index in [0.29, 0.717) is 17.6 Å². The zero-order valence-electron chi connectivity index (χ0n) is 9.69. The Morgan fingerprint density at radius 1 is 1.44 bits per heavy atom. The molecular weight excluding hydrogens is 218 g/mol. The maximum absolute atomic E-state index is 12.4. The fraction of sp³-hybridized carbons (Fsp3) is 0.615. The fourth-order valence-corrected chi connectivity index (χ4v) is 4.05. The molecule has 0 aromatic carbocycles. The van der Waals surface area contributed by atoms with E-state index >= 15 is 0 Å². The summed E-state index contributed by atoms with van der Waals surface area (Å²) >= 11 is 1.59. The minimum atomic E-state index is 0.297. The Bertz CT molecular complexity index is 390. The molecule has 3 saturated heterocycles. The van der Waals surface area contributed by atoms with E-state index in [1.54, 1.807) is 11.3 Å². The van der Waals surface area contributed by atoms with Crippen LogP contribution in [-0.2, 0) is 0 Å². The Hall–Kier alpha value is -0.670. The van der Waals surface area contributed by atoms with Gasteiger partial charge in [-0.1, -0.05) is 6.07 Å². The summed E-state index contributed by atoms with van der Waals surface area (Å²) < 4.78 is 1.12. The highest BCUT2D eigenvalue weighted by Gasteiger charge is 2.46. The first-order valence-electron chi connectivity index (χ1n) is 6.09. The van der Waals surface area contributed by atoms with Crippen LogP contribution in [0.3, 0.4) is 0 Å². The molecule has 86 valence electrons. The number of Topliss-reactive ketones (excluding diaryl/α,β-unsaturated/α-hetero) is 1. The third kappa shape index (κ3) is 1.62. The number of hydrogen-bond donors (Lipinski definition) is 0. The maximum atomic E-state index is 12.4. The minimum absolute atomic E-state index is 0.297. The van der Waals surface area contributed by atoms with Gasteiger partial charge in [0.1, 0.15) is 0 Å². The normalized spacial score (nSPS) is 37.6. The lowest BCUT2D eigenvalue weighted by molar-refractivity contribution is -0.927. The standard InChI is InChI=1S/C13H18NOS/c1-14-6-4-10(5-7-14)11(9-14)13(15)12-3-2-8-16-12/h2-3,8,10-11H,4-7,9H2,1H3/q+1. The van der Waals surface area contributed by atoms with Gasteiger partial charge in [0, 0.05) is 12.8 Å². The van der Waals surface area contributed by atoms with Crippen molar-refractivity contribution in [1.82, 2.24) is 0 Å². The Balaban J connectivity index is 1.83. The average Bonchev–Trinajstić information content (AvgIpc) is 2.81. The van der Waals surface area contributed by atoms with Crippen molar-refractivity contribution >= 4 is 17.1 Å². The molecule has 16 heavy (non-hydrogen) atoms. The van der Waals surface area contributed by atoms with Crippen LogP contribution in [0.1, 0.15) is 22.5 Å². The quantitative estimate of drug-likeness (QED) is 0.569. The van der Waals surface area contributed by atoms with Gasteiger partial charge in [0.2, 0.25) is 0 Å². The summed E-state index contributed by atoms with van der Waals surface area (Å²) in [4.78, 5) is 13.4. The molecular formula is C13H18NOS+. The minimum Gasteiger partial charge on any atom is -0.325 e. The number of quaternary nitrogens is 1. The Kier molecular flexibility index (Phi) is 2.41. The number of ketones is 1. The molecule has 0 spiro atoms. The van der Waals surface area contributed by atoms with Crippen molar-refractivity contribution in [2.24, 2.45) is 11.8 Å². The summed E-state index contributed by atoms with van der Waals surface area (Å²) in [5.74, 6) is 1.37. The number of carbonyl (C=O) groups is 1. The second kappa shape index (κ2) is 3.67. The van der Waals surface area contributed by atoms with Crippen LogP contribution in [0, 0.1) is 11.8 Å². The Morgan fingerprint density at radius 2 is 2.19 bits per heavy atom. The summed E-state index contributed by atoms with van der Waals surface area (Å²) in [6.45, 7) is 3.62. The number of hydrogen-bond acceptors (Lipinski definition) is 2. The third-order valence-corrected chi connectivity index (χ3v) is 5.27. The molecule has 2 nitrogen and oxygen atoms in total. The van der Waals surface area contributed by atoms with Crippen molar-refractivity contribution < 1.29 is 9.28 Å². The lowest BCUT2D eigenvalue weighted by Gasteiger charge is -2.50. The van der Waals surface area contributed by atoms with Crippen molar-refractivity contribution in [3.8, 4) is 0 Å². The molecule has 1 unspecified atom stereocenters. The first kappa shape index (κ1) is 10.5. The summed E-state index contributed by atoms with van der Waals surface area (Å²) in [5.41, 5.74) is 0. The number of nitrogens with zero attached hydrogens (tertiary/aromatic N) is 1. The van der Waals surface area contributed by atoms with Crippen LogP contribution in [0.4, 0.5) is 0 Å². The highest BCUT2D eigenvalue weighted by Crippen LogP contribution is 2.38. The molecule has 2 bridgehead atoms. The highest BCUT2D eigenvalue weighted by molar-refractivity contribution is 7.12. The van der Waals surface area contributed by atoms with Crippen molar-refractivity contribution in [3.63, 3.8) is 0 Å². The number of fused-ring (bicyclic) bond motifs is 3. The Labute approximate surface area is 100 Å². The lowest BCUT2D eigenvalue weighted by Crippen LogP contribution is -2.60. The predicted molar refractivity (Wildman–Crippen MR) is 65.6 cm³/mol. The van der Waals surface area contributed by atoms with Crippen molar-refractivity contribution in [3.05, 3.63) is 22.4 Å². The summed E-state index contributed by atoms with van der Waals surface area (Å²) in [6.07, 6.45) is 2.50. The summed E-state index contributed by atoms with van der Waals surface area (Å²) in [7, 11) is 2.31. The van der Waals surface area contributed by atoms with Gasteiger partial charge in [-0.3, -0.25) is 4.79 Å². The molecule has 0 saturated carbocycles. The topological polar surface area (TPSA) is 17.1 Å². The van der Waals surface area contributed by atoms with Gasteiger partial charge < -0.3 is 4.48 Å². The predicted octanol–water partition coefficient (Wildman–Crippen LogP) is 2.42. The van der Waals surface area contributed by atoms with Gasteiger partial charge in [-0.15, -0.1) is 11.3 Å². The molecule has 1 aromatic heterocycles. The van der Waals surface area contributed by atoms with Gasteiger partial charge in [0.15, 0.2) is 5.78 Å². The first-order chi connectivity index (χ1) is 7.68. The van der Waals surface area contributed by atoms with Crippen LogP contribution >= 0.6 is 11.3 Å². The first-order valence-corrected chi connectivity index (χ1v) is 6.97. The zero-order chi connectivity index (χ0) is 11.2. The second-order valence-corrected chi connectivity index (χ2v) is 6.48. The molecule has 0 radical (unpaired) electrons. The fourth-order valence-electron chi connectivity index (χ4n) is 3.32. The zero-order valence-corrected chi connectivity index (χ0v) is 10.5. The van der Waals surface area contributed by atoms with Gasteiger partial charge in [0.25, 0.3) is 0 Å². The van der Waals surface area contributed by atoms with Crippen LogP contribution in [0.5, 0.6) is 0 Å². The molecule has 0 amide bonds. The van der Waals surface area contributed by atoms with Crippen LogP contribution in [0.2, 0.25) is 0 Å². The molecule has 0 N–H and O–H groups in total. The van der Waals surface area contributed by atoms with Crippen LogP contribution < -0.4 is 0 Å². The highest BCUT2D eigenvalue weighted by atomic mass is 32.1. The van der Waals surface area contributed by atoms with Gasteiger partial charge in [-0.25, -0.2) is 0 Å². The molecule has 0 aliphatic carbocycles. The molecule has 3 fully saturated rings. The Morgan fingerprint density at radius 3 is 2.75 bits per heavy atom. The number of rotatable bonds is 2. The van der Waals surface area contributed by atoms with E-state index in [9.17, 15) is 4.79 Å². The van der Waals surface area contributed by atoms with E-state index in [2.05, 4.69) is 7.05 Å². The van der Waals surface area contributed by atoms with E-state index in [1.807, 2.05) is 17.5 Å². The summed E-state index contributed by atoms with van der Waals surface area (Å²) in [5, 5.41) is 2.00. The van der Waals surface area contributed by atoms with Crippen LogP contribution in [0.25, 0.3) is 0 Å². The lowest BCUT2D eigenvalue weighted by atomic mass is 9.75. The number of piperidine rings is 3. The van der Waals surface area contributed by atoms with E-state index in [4.69, 9.17) is 0 Å². The van der Waals surface area contributed by atoms with Crippen molar-refractivity contribution in [2.45, 2.75) is 12.8 Å². The van der Waals surface area contributed by atoms with E-state index in [1.165, 1.54) is 25.9 Å².